The van der Waals surface area contributed by atoms with Gasteiger partial charge in [-0.1, -0.05) is 13.0 Å². The van der Waals surface area contributed by atoms with Gasteiger partial charge in [-0.2, -0.15) is 0 Å². The highest BCUT2D eigenvalue weighted by atomic mass is 15.0. The summed E-state index contributed by atoms with van der Waals surface area (Å²) >= 11 is 0. The molecule has 1 rings (SSSR count). The van der Waals surface area contributed by atoms with Crippen LogP contribution in [0.1, 0.15) is 20.3 Å². The first-order valence-corrected chi connectivity index (χ1v) is 4.87. The molecule has 1 aromatic heterocycles. The Hall–Kier alpha value is -1.51. The third-order valence-electron chi connectivity index (χ3n) is 1.94. The van der Waals surface area contributed by atoms with Gasteiger partial charge in [0.15, 0.2) is 0 Å². The molecule has 1 aromatic rings. The van der Waals surface area contributed by atoms with Crippen LogP contribution in [-0.2, 0) is 0 Å². The summed E-state index contributed by atoms with van der Waals surface area (Å²) in [6, 6.07) is 2.03. The van der Waals surface area contributed by atoms with Crippen molar-refractivity contribution in [3.05, 3.63) is 22.8 Å². The molecule has 14 heavy (non-hydrogen) atoms. The van der Waals surface area contributed by atoms with Crippen LogP contribution in [0.25, 0.3) is 11.9 Å². The highest BCUT2D eigenvalue weighted by Crippen LogP contribution is 1.84. The van der Waals surface area contributed by atoms with Crippen molar-refractivity contribution < 1.29 is 0 Å². The highest BCUT2D eigenvalue weighted by molar-refractivity contribution is 5.62. The molecule has 0 unspecified atom stereocenters. The second-order valence-corrected chi connectivity index (χ2v) is 2.90. The van der Waals surface area contributed by atoms with Gasteiger partial charge in [0.05, 0.1) is 0 Å². The van der Waals surface area contributed by atoms with Crippen LogP contribution < -0.4 is 15.9 Å². The van der Waals surface area contributed by atoms with E-state index in [2.05, 4.69) is 28.3 Å². The van der Waals surface area contributed by atoms with Crippen LogP contribution in [0.2, 0.25) is 0 Å². The number of hydrogen-bond donors (Lipinski definition) is 2. The van der Waals surface area contributed by atoms with Crippen molar-refractivity contribution in [1.29, 1.82) is 0 Å². The smallest absolute Gasteiger partial charge is 0.134 e. The minimum Gasteiger partial charge on any atom is -0.373 e. The Balaban J connectivity index is 3.40. The standard InChI is InChI=1S/C11H17N3/c1-4-6-10-9(7-8-14-10)11(12-3)13-5-2/h5-8,12,14H,4H2,1-3H3/b10-6-,11-9-,13-5?. The van der Waals surface area contributed by atoms with Gasteiger partial charge in [-0.15, -0.1) is 0 Å². The molecule has 0 atom stereocenters. The average Bonchev–Trinajstić information content (AvgIpc) is 2.63. The van der Waals surface area contributed by atoms with Gasteiger partial charge in [-0.25, -0.2) is 4.99 Å². The Labute approximate surface area is 84.3 Å². The van der Waals surface area contributed by atoms with Crippen LogP contribution >= 0.6 is 0 Å². The Morgan fingerprint density at radius 1 is 1.64 bits per heavy atom. The fourth-order valence-corrected chi connectivity index (χ4v) is 1.36. The fraction of sp³-hybridized carbons (Fsp3) is 0.364. The van der Waals surface area contributed by atoms with Gasteiger partial charge in [0.1, 0.15) is 5.82 Å². The molecule has 0 aliphatic rings. The summed E-state index contributed by atoms with van der Waals surface area (Å²) in [5.41, 5.74) is 0. The number of aromatic amines is 1. The summed E-state index contributed by atoms with van der Waals surface area (Å²) in [6.45, 7) is 4.03. The number of aliphatic imine (C=N–C) groups is 1. The summed E-state index contributed by atoms with van der Waals surface area (Å²) < 4.78 is 0. The molecule has 0 radical (unpaired) electrons. The topological polar surface area (TPSA) is 40.2 Å². The Bertz CT molecular complexity index is 412. The van der Waals surface area contributed by atoms with Crippen molar-refractivity contribution in [2.75, 3.05) is 7.05 Å². The van der Waals surface area contributed by atoms with Gasteiger partial charge in [0.2, 0.25) is 0 Å². The van der Waals surface area contributed by atoms with E-state index >= 15 is 0 Å². The normalized spacial score (nSPS) is 14.9. The molecule has 0 amide bonds. The van der Waals surface area contributed by atoms with Gasteiger partial charge in [0, 0.05) is 30.0 Å². The first-order chi connectivity index (χ1) is 6.83. The lowest BCUT2D eigenvalue weighted by atomic mass is 10.3. The summed E-state index contributed by atoms with van der Waals surface area (Å²) in [4.78, 5) is 7.46. The molecular formula is C11H17N3. The predicted octanol–water partition coefficient (Wildman–Crippen LogP) is 0.581. The number of hydrogen-bond acceptors (Lipinski definition) is 2. The molecule has 3 nitrogen and oxygen atoms in total. The lowest BCUT2D eigenvalue weighted by Gasteiger charge is -1.97. The molecule has 0 saturated carbocycles. The highest BCUT2D eigenvalue weighted by Gasteiger charge is 1.93. The van der Waals surface area contributed by atoms with Crippen LogP contribution in [-0.4, -0.2) is 18.2 Å². The molecule has 0 spiro atoms. The largest absolute Gasteiger partial charge is 0.373 e. The third-order valence-corrected chi connectivity index (χ3v) is 1.94. The number of aromatic nitrogens is 1. The first kappa shape index (κ1) is 10.6. The number of nitrogens with zero attached hydrogens (tertiary/aromatic N) is 1. The summed E-state index contributed by atoms with van der Waals surface area (Å²) in [5, 5.41) is 5.33. The van der Waals surface area contributed by atoms with E-state index in [9.17, 15) is 0 Å². The summed E-state index contributed by atoms with van der Waals surface area (Å²) in [5.74, 6) is 0.897. The number of H-pyrrole nitrogens is 1. The maximum absolute atomic E-state index is 4.27. The average molecular weight is 191 g/mol. The van der Waals surface area contributed by atoms with E-state index in [1.54, 1.807) is 6.21 Å². The summed E-state index contributed by atoms with van der Waals surface area (Å²) in [6.07, 6.45) is 6.88. The molecule has 0 saturated heterocycles. The second-order valence-electron chi connectivity index (χ2n) is 2.90. The van der Waals surface area contributed by atoms with E-state index in [0.717, 1.165) is 22.8 Å². The van der Waals surface area contributed by atoms with Crippen molar-refractivity contribution in [2.24, 2.45) is 4.99 Å². The molecule has 0 bridgehead atoms. The zero-order chi connectivity index (χ0) is 10.4. The van der Waals surface area contributed by atoms with Crippen molar-refractivity contribution in [3.63, 3.8) is 0 Å². The molecule has 0 aromatic carbocycles. The molecular weight excluding hydrogens is 174 g/mol. The lowest BCUT2D eigenvalue weighted by Crippen LogP contribution is -2.28. The Morgan fingerprint density at radius 2 is 2.43 bits per heavy atom. The summed E-state index contributed by atoms with van der Waals surface area (Å²) in [7, 11) is 1.88. The van der Waals surface area contributed by atoms with Crippen LogP contribution in [0, 0.1) is 0 Å². The molecule has 0 fully saturated rings. The van der Waals surface area contributed by atoms with Crippen molar-refractivity contribution >= 4 is 18.1 Å². The SMILES string of the molecule is CC=N/C(NC)=c1/cc[nH]/c1=C\CC. The maximum atomic E-state index is 4.27. The van der Waals surface area contributed by atoms with Gasteiger partial charge in [-0.05, 0) is 19.4 Å². The zero-order valence-electron chi connectivity index (χ0n) is 8.96. The van der Waals surface area contributed by atoms with E-state index in [1.165, 1.54) is 0 Å². The Kier molecular flexibility index (Phi) is 3.98. The van der Waals surface area contributed by atoms with Crippen molar-refractivity contribution in [1.82, 2.24) is 10.3 Å². The molecule has 0 aliphatic carbocycles. The third kappa shape index (κ3) is 2.25. The van der Waals surface area contributed by atoms with Crippen LogP contribution in [0.4, 0.5) is 0 Å². The fourth-order valence-electron chi connectivity index (χ4n) is 1.36. The van der Waals surface area contributed by atoms with Crippen LogP contribution in [0.15, 0.2) is 17.3 Å². The van der Waals surface area contributed by atoms with E-state index in [0.29, 0.717) is 0 Å². The van der Waals surface area contributed by atoms with E-state index in [1.807, 2.05) is 26.2 Å². The minimum atomic E-state index is 0.897. The number of nitrogens with one attached hydrogen (secondary N) is 2. The zero-order valence-corrected chi connectivity index (χ0v) is 8.96. The van der Waals surface area contributed by atoms with E-state index in [-0.39, 0.29) is 0 Å². The minimum absolute atomic E-state index is 0.897. The Morgan fingerprint density at radius 3 is 3.00 bits per heavy atom. The quantitative estimate of drug-likeness (QED) is 0.674. The van der Waals surface area contributed by atoms with E-state index in [4.69, 9.17) is 0 Å². The number of rotatable bonds is 3. The maximum Gasteiger partial charge on any atom is 0.134 e. The molecule has 0 aliphatic heterocycles. The van der Waals surface area contributed by atoms with Crippen molar-refractivity contribution in [3.8, 4) is 0 Å². The van der Waals surface area contributed by atoms with Gasteiger partial charge >= 0.3 is 0 Å². The van der Waals surface area contributed by atoms with Crippen LogP contribution in [0.3, 0.4) is 0 Å². The molecule has 3 heteroatoms. The molecule has 1 heterocycles. The van der Waals surface area contributed by atoms with Crippen LogP contribution in [0.5, 0.6) is 0 Å². The molecule has 2 N–H and O–H groups in total. The van der Waals surface area contributed by atoms with Gasteiger partial charge < -0.3 is 10.3 Å². The molecule has 76 valence electrons. The van der Waals surface area contributed by atoms with Gasteiger partial charge in [-0.3, -0.25) is 0 Å². The monoisotopic (exact) mass is 191 g/mol. The van der Waals surface area contributed by atoms with Gasteiger partial charge in [0.25, 0.3) is 0 Å². The predicted molar refractivity (Wildman–Crippen MR) is 61.4 cm³/mol. The van der Waals surface area contributed by atoms with Crippen molar-refractivity contribution in [2.45, 2.75) is 20.3 Å². The first-order valence-electron chi connectivity index (χ1n) is 4.87. The second kappa shape index (κ2) is 5.27. The lowest BCUT2D eigenvalue weighted by molar-refractivity contribution is 1.07. The van der Waals surface area contributed by atoms with E-state index < -0.39 is 0 Å².